The van der Waals surface area contributed by atoms with Crippen molar-refractivity contribution in [2.45, 2.75) is 12.5 Å². The Morgan fingerprint density at radius 3 is 2.07 bits per heavy atom. The lowest BCUT2D eigenvalue weighted by atomic mass is 9.94. The molecule has 4 aromatic carbocycles. The van der Waals surface area contributed by atoms with Gasteiger partial charge in [-0.05, 0) is 48.9 Å². The summed E-state index contributed by atoms with van der Waals surface area (Å²) in [4.78, 5) is 21.5. The molecular weight excluding hydrogens is 554 g/mol. The van der Waals surface area contributed by atoms with E-state index in [0.29, 0.717) is 11.9 Å². The lowest BCUT2D eigenvalue weighted by Gasteiger charge is -2.28. The molecule has 8 aromatic rings. The molecular formula is C38H25N7. The number of hydrogen-bond donors (Lipinski definition) is 0. The molecule has 0 amide bonds. The lowest BCUT2D eigenvalue weighted by Crippen LogP contribution is -2.41. The second-order valence-corrected chi connectivity index (χ2v) is 11.5. The Morgan fingerprint density at radius 2 is 1.27 bits per heavy atom. The third-order valence-electron chi connectivity index (χ3n) is 9.24. The second-order valence-electron chi connectivity index (χ2n) is 11.5. The van der Waals surface area contributed by atoms with Crippen LogP contribution in [-0.4, -0.2) is 35.1 Å². The van der Waals surface area contributed by atoms with Crippen LogP contribution >= 0.6 is 0 Å². The molecule has 5 heterocycles. The van der Waals surface area contributed by atoms with Crippen LogP contribution in [0.25, 0.3) is 56.3 Å². The van der Waals surface area contributed by atoms with Crippen LogP contribution in [0.1, 0.15) is 12.0 Å². The van der Waals surface area contributed by atoms with E-state index in [0.717, 1.165) is 39.1 Å². The van der Waals surface area contributed by atoms with Crippen LogP contribution in [-0.2, 0) is 0 Å². The van der Waals surface area contributed by atoms with Gasteiger partial charge in [0.15, 0.2) is 0 Å². The predicted octanol–water partition coefficient (Wildman–Crippen LogP) is 6.21. The van der Waals surface area contributed by atoms with Gasteiger partial charge in [0.1, 0.15) is 0 Å². The summed E-state index contributed by atoms with van der Waals surface area (Å²) in [6.45, 7) is 0. The highest BCUT2D eigenvalue weighted by atomic mass is 15.2. The van der Waals surface area contributed by atoms with Crippen LogP contribution < -0.4 is 15.5 Å². The number of rotatable bonds is 3. The van der Waals surface area contributed by atoms with Gasteiger partial charge in [-0.1, -0.05) is 66.7 Å². The minimum atomic E-state index is 0.138. The number of anilines is 2. The largest absolute Gasteiger partial charge is 0.333 e. The zero-order valence-electron chi connectivity index (χ0n) is 24.1. The number of para-hydroxylation sites is 3. The van der Waals surface area contributed by atoms with E-state index < -0.39 is 0 Å². The fourth-order valence-corrected chi connectivity index (χ4v) is 7.59. The van der Waals surface area contributed by atoms with E-state index in [4.69, 9.17) is 9.97 Å². The van der Waals surface area contributed by atoms with Crippen molar-refractivity contribution in [1.82, 2.24) is 29.1 Å². The first kappa shape index (κ1) is 24.4. The second kappa shape index (κ2) is 9.21. The molecule has 1 aliphatic heterocycles. The van der Waals surface area contributed by atoms with Gasteiger partial charge in [0.25, 0.3) is 0 Å². The summed E-state index contributed by atoms with van der Waals surface area (Å²) >= 11 is 0. The summed E-state index contributed by atoms with van der Waals surface area (Å²) < 4.78 is 4.47. The molecule has 4 aromatic heterocycles. The minimum Gasteiger partial charge on any atom is -0.333 e. The van der Waals surface area contributed by atoms with E-state index in [1.165, 1.54) is 33.1 Å². The molecule has 0 unspecified atom stereocenters. The van der Waals surface area contributed by atoms with E-state index in [9.17, 15) is 0 Å². The Labute approximate surface area is 257 Å². The van der Waals surface area contributed by atoms with Crippen LogP contribution in [0.15, 0.2) is 128 Å². The molecule has 0 saturated carbocycles. The zero-order chi connectivity index (χ0) is 29.5. The van der Waals surface area contributed by atoms with Crippen molar-refractivity contribution in [2.75, 3.05) is 4.90 Å². The van der Waals surface area contributed by atoms with Crippen molar-refractivity contribution in [1.29, 1.82) is 0 Å². The van der Waals surface area contributed by atoms with Crippen LogP contribution in [0.2, 0.25) is 0 Å². The molecule has 7 nitrogen and oxygen atoms in total. The molecule has 45 heavy (non-hydrogen) atoms. The molecule has 0 fully saturated rings. The molecule has 7 heteroatoms. The highest BCUT2D eigenvalue weighted by molar-refractivity contribution is 6.21. The summed E-state index contributed by atoms with van der Waals surface area (Å²) in [6, 6.07) is 36.3. The van der Waals surface area contributed by atoms with Gasteiger partial charge in [0.05, 0.1) is 27.9 Å². The molecule has 1 atom stereocenters. The molecule has 0 radical (unpaired) electrons. The van der Waals surface area contributed by atoms with E-state index >= 15 is 0 Å². The average Bonchev–Trinajstić information content (AvgIpc) is 3.75. The molecule has 0 spiro atoms. The summed E-state index contributed by atoms with van der Waals surface area (Å²) in [5.41, 5.74) is 8.15. The Bertz CT molecular complexity index is 2570. The Balaban J connectivity index is 1.43. The third kappa shape index (κ3) is 3.29. The molecule has 212 valence electrons. The molecule has 0 bridgehead atoms. The normalized spacial score (nSPS) is 15.3. The maximum Gasteiger partial charge on any atom is 0.234 e. The van der Waals surface area contributed by atoms with Crippen LogP contribution in [0, 0.1) is 0 Å². The molecule has 0 saturated heterocycles. The fourth-order valence-electron chi connectivity index (χ4n) is 7.59. The van der Waals surface area contributed by atoms with E-state index in [1.54, 1.807) is 12.4 Å². The zero-order valence-corrected chi connectivity index (χ0v) is 24.1. The fraction of sp³-hybridized carbons (Fsp3) is 0.0526. The van der Waals surface area contributed by atoms with Gasteiger partial charge < -0.3 is 4.90 Å². The van der Waals surface area contributed by atoms with Crippen molar-refractivity contribution in [3.05, 3.63) is 144 Å². The van der Waals surface area contributed by atoms with Crippen LogP contribution in [0.4, 0.5) is 11.4 Å². The van der Waals surface area contributed by atoms with E-state index in [-0.39, 0.29) is 6.04 Å². The average molecular weight is 580 g/mol. The van der Waals surface area contributed by atoms with Crippen molar-refractivity contribution in [3.8, 4) is 11.9 Å². The highest BCUT2D eigenvalue weighted by Gasteiger charge is 2.38. The van der Waals surface area contributed by atoms with Gasteiger partial charge in [-0.3, -0.25) is 9.13 Å². The Kier molecular flexibility index (Phi) is 4.99. The number of benzene rings is 4. The predicted molar refractivity (Wildman–Crippen MR) is 178 cm³/mol. The van der Waals surface area contributed by atoms with Crippen molar-refractivity contribution < 1.29 is 0 Å². The van der Waals surface area contributed by atoms with Crippen molar-refractivity contribution in [3.63, 3.8) is 0 Å². The standard InChI is InChI=1S/C38H25N7/c1-2-10-24(11-3-1)43-29-14-6-4-12-27(29)33-31(43)18-16-25-26-17-19-32-34(36(26)45(35(25)33)38-41-22-9-23-42-38)28-13-5-7-15-30(28)44(32)37-39-20-8-21-40-37/h1-17,19-23,31H,18H2/t31-/m0/s1. The first-order valence-electron chi connectivity index (χ1n) is 15.2. The first-order valence-corrected chi connectivity index (χ1v) is 15.2. The topological polar surface area (TPSA) is 64.7 Å². The number of hydrogen-bond acceptors (Lipinski definition) is 5. The third-order valence-corrected chi connectivity index (χ3v) is 9.24. The SMILES string of the molecule is C1=c2c(n(-c3ncccn3)c3c2ccc2c3c3ccccc3n2-c2ncccn2)=C2c3ccccc3N(c3ccccc3)[C@H]2C1. The lowest BCUT2D eigenvalue weighted by molar-refractivity contribution is 0.828. The molecule has 1 aliphatic carbocycles. The van der Waals surface area contributed by atoms with Gasteiger partial charge in [0.2, 0.25) is 11.9 Å². The molecule has 10 rings (SSSR count). The van der Waals surface area contributed by atoms with E-state index in [1.807, 2.05) is 24.5 Å². The smallest absolute Gasteiger partial charge is 0.234 e. The summed E-state index contributed by atoms with van der Waals surface area (Å²) in [5, 5.41) is 5.83. The maximum absolute atomic E-state index is 4.86. The van der Waals surface area contributed by atoms with Gasteiger partial charge in [-0.15, -0.1) is 0 Å². The molecule has 2 aliphatic rings. The Hall–Kier alpha value is -6.08. The first-order chi connectivity index (χ1) is 22.4. The van der Waals surface area contributed by atoms with E-state index in [2.05, 4.69) is 121 Å². The van der Waals surface area contributed by atoms with Crippen molar-refractivity contribution in [2.24, 2.45) is 0 Å². The van der Waals surface area contributed by atoms with Crippen LogP contribution in [0.3, 0.4) is 0 Å². The van der Waals surface area contributed by atoms with Crippen molar-refractivity contribution >= 4 is 55.7 Å². The summed E-state index contributed by atoms with van der Waals surface area (Å²) in [7, 11) is 0. The maximum atomic E-state index is 4.86. The number of fused-ring (bicyclic) bond motifs is 10. The molecule has 0 N–H and O–H groups in total. The quantitative estimate of drug-likeness (QED) is 0.249. The number of aromatic nitrogens is 6. The Morgan fingerprint density at radius 1 is 0.578 bits per heavy atom. The monoisotopic (exact) mass is 579 g/mol. The minimum absolute atomic E-state index is 0.138. The van der Waals surface area contributed by atoms with Gasteiger partial charge >= 0.3 is 0 Å². The highest BCUT2D eigenvalue weighted by Crippen LogP contribution is 2.46. The summed E-state index contributed by atoms with van der Waals surface area (Å²) in [5.74, 6) is 1.30. The van der Waals surface area contributed by atoms with Crippen LogP contribution in [0.5, 0.6) is 0 Å². The van der Waals surface area contributed by atoms with Gasteiger partial charge in [-0.2, -0.15) is 0 Å². The summed E-state index contributed by atoms with van der Waals surface area (Å²) in [6.07, 6.45) is 10.5. The van der Waals surface area contributed by atoms with Gasteiger partial charge in [-0.25, -0.2) is 19.9 Å². The number of nitrogens with zero attached hydrogens (tertiary/aromatic N) is 7. The van der Waals surface area contributed by atoms with Gasteiger partial charge in [0, 0.05) is 68.7 Å².